The lowest BCUT2D eigenvalue weighted by Crippen LogP contribution is -1.84. The van der Waals surface area contributed by atoms with Gasteiger partial charge in [-0.3, -0.25) is 0 Å². The first-order chi connectivity index (χ1) is 6.33. The highest BCUT2D eigenvalue weighted by Gasteiger charge is 2.03. The molecule has 0 bridgehead atoms. The Bertz CT molecular complexity index is 432. The topological polar surface area (TPSA) is 9.23 Å². The first kappa shape index (κ1) is 8.39. The maximum absolute atomic E-state index is 6.06. The van der Waals surface area contributed by atoms with Crippen molar-refractivity contribution in [2.45, 2.75) is 0 Å². The van der Waals surface area contributed by atoms with Crippen LogP contribution in [0.4, 0.5) is 0 Å². The molecule has 0 spiro atoms. The molecule has 0 atom stereocenters. The lowest BCUT2D eigenvalue weighted by atomic mass is 10.1. The Labute approximate surface area is 81.9 Å². The Morgan fingerprint density at radius 2 is 1.77 bits per heavy atom. The molecule has 0 aliphatic heterocycles. The van der Waals surface area contributed by atoms with E-state index in [1.807, 2.05) is 36.4 Å². The summed E-state index contributed by atoms with van der Waals surface area (Å²) in [6.45, 7) is 0. The number of rotatable bonds is 1. The summed E-state index contributed by atoms with van der Waals surface area (Å²) in [7, 11) is 1.65. The summed E-state index contributed by atoms with van der Waals surface area (Å²) in [4.78, 5) is 0. The predicted octanol–water partition coefficient (Wildman–Crippen LogP) is 3.50. The van der Waals surface area contributed by atoms with E-state index in [-0.39, 0.29) is 0 Å². The van der Waals surface area contributed by atoms with Crippen molar-refractivity contribution in [3.63, 3.8) is 0 Å². The number of halogens is 1. The minimum absolute atomic E-state index is 0.731. The fraction of sp³-hybridized carbons (Fsp3) is 0.0909. The molecule has 0 aromatic heterocycles. The average molecular weight is 193 g/mol. The minimum Gasteiger partial charge on any atom is -0.496 e. The number of fused-ring (bicyclic) bond motifs is 1. The molecule has 2 rings (SSSR count). The summed E-state index contributed by atoms with van der Waals surface area (Å²) in [6, 6.07) is 11.7. The van der Waals surface area contributed by atoms with Gasteiger partial charge in [-0.05, 0) is 17.5 Å². The van der Waals surface area contributed by atoms with E-state index in [2.05, 4.69) is 0 Å². The summed E-state index contributed by atoms with van der Waals surface area (Å²) >= 11 is 6.06. The third-order valence-corrected chi connectivity index (χ3v) is 2.35. The highest BCUT2D eigenvalue weighted by molar-refractivity contribution is 6.36. The van der Waals surface area contributed by atoms with Crippen molar-refractivity contribution < 1.29 is 4.74 Å². The molecular weight excluding hydrogens is 184 g/mol. The van der Waals surface area contributed by atoms with Crippen LogP contribution >= 0.6 is 11.6 Å². The first-order valence-corrected chi connectivity index (χ1v) is 4.42. The van der Waals surface area contributed by atoms with E-state index >= 15 is 0 Å². The van der Waals surface area contributed by atoms with Gasteiger partial charge >= 0.3 is 0 Å². The second kappa shape index (κ2) is 3.27. The molecule has 0 saturated carbocycles. The van der Waals surface area contributed by atoms with Gasteiger partial charge in [0.25, 0.3) is 0 Å². The second-order valence-corrected chi connectivity index (χ2v) is 3.21. The van der Waals surface area contributed by atoms with Gasteiger partial charge in [0, 0.05) is 5.39 Å². The Morgan fingerprint density at radius 3 is 2.46 bits per heavy atom. The van der Waals surface area contributed by atoms with Crippen LogP contribution in [-0.4, -0.2) is 7.11 Å². The van der Waals surface area contributed by atoms with Crippen LogP contribution in [0.1, 0.15) is 0 Å². The van der Waals surface area contributed by atoms with Crippen molar-refractivity contribution in [3.05, 3.63) is 41.4 Å². The number of methoxy groups -OCH3 is 1. The zero-order valence-corrected chi connectivity index (χ0v) is 8.01. The molecule has 1 nitrogen and oxygen atoms in total. The molecule has 2 aromatic rings. The van der Waals surface area contributed by atoms with Crippen LogP contribution in [0.3, 0.4) is 0 Å². The van der Waals surface area contributed by atoms with Gasteiger partial charge in [-0.25, -0.2) is 0 Å². The van der Waals surface area contributed by atoms with Crippen molar-refractivity contribution in [2.75, 3.05) is 7.11 Å². The number of ether oxygens (including phenoxy) is 1. The Morgan fingerprint density at radius 1 is 1.08 bits per heavy atom. The van der Waals surface area contributed by atoms with Gasteiger partial charge < -0.3 is 4.74 Å². The fourth-order valence-electron chi connectivity index (χ4n) is 1.43. The molecule has 2 aromatic carbocycles. The van der Waals surface area contributed by atoms with Crippen molar-refractivity contribution in [1.82, 2.24) is 0 Å². The van der Waals surface area contributed by atoms with Gasteiger partial charge in [-0.2, -0.15) is 0 Å². The van der Waals surface area contributed by atoms with E-state index < -0.39 is 0 Å². The quantitative estimate of drug-likeness (QED) is 0.672. The van der Waals surface area contributed by atoms with Crippen LogP contribution in [0.5, 0.6) is 5.75 Å². The Hall–Kier alpha value is -1.21. The van der Waals surface area contributed by atoms with E-state index in [0.717, 1.165) is 21.5 Å². The number of hydrogen-bond donors (Lipinski definition) is 0. The molecule has 0 radical (unpaired) electrons. The van der Waals surface area contributed by atoms with Crippen LogP contribution in [0.15, 0.2) is 36.4 Å². The normalized spacial score (nSPS) is 10.3. The largest absolute Gasteiger partial charge is 0.496 e. The van der Waals surface area contributed by atoms with E-state index in [1.165, 1.54) is 0 Å². The maximum Gasteiger partial charge on any atom is 0.128 e. The summed E-state index contributed by atoms with van der Waals surface area (Å²) in [6.07, 6.45) is 0. The summed E-state index contributed by atoms with van der Waals surface area (Å²) in [5.74, 6) is 0.822. The van der Waals surface area contributed by atoms with Crippen LogP contribution in [0.25, 0.3) is 10.8 Å². The van der Waals surface area contributed by atoms with Gasteiger partial charge in [-0.1, -0.05) is 35.9 Å². The SMILES string of the molecule is COc1cccc2cccc(Cl)c12. The molecular formula is C11H9ClO. The van der Waals surface area contributed by atoms with Crippen LogP contribution in [0.2, 0.25) is 5.02 Å². The maximum atomic E-state index is 6.06. The molecule has 0 aliphatic rings. The molecule has 0 aliphatic carbocycles. The smallest absolute Gasteiger partial charge is 0.128 e. The summed E-state index contributed by atoms with van der Waals surface area (Å²) in [5.41, 5.74) is 0. The second-order valence-electron chi connectivity index (χ2n) is 2.80. The number of hydrogen-bond acceptors (Lipinski definition) is 1. The van der Waals surface area contributed by atoms with Crippen LogP contribution < -0.4 is 4.74 Å². The van der Waals surface area contributed by atoms with Gasteiger partial charge in [0.2, 0.25) is 0 Å². The van der Waals surface area contributed by atoms with Crippen LogP contribution in [0, 0.1) is 0 Å². The third kappa shape index (κ3) is 1.36. The predicted molar refractivity (Wildman–Crippen MR) is 55.5 cm³/mol. The molecule has 13 heavy (non-hydrogen) atoms. The lowest BCUT2D eigenvalue weighted by Gasteiger charge is -2.05. The monoisotopic (exact) mass is 192 g/mol. The molecule has 0 N–H and O–H groups in total. The minimum atomic E-state index is 0.731. The molecule has 0 heterocycles. The molecule has 0 amide bonds. The Kier molecular flexibility index (Phi) is 2.11. The first-order valence-electron chi connectivity index (χ1n) is 4.04. The zero-order valence-electron chi connectivity index (χ0n) is 7.25. The van der Waals surface area contributed by atoms with E-state index in [0.29, 0.717) is 0 Å². The van der Waals surface area contributed by atoms with Crippen LogP contribution in [-0.2, 0) is 0 Å². The zero-order chi connectivity index (χ0) is 9.26. The van der Waals surface area contributed by atoms with Crippen molar-refractivity contribution in [2.24, 2.45) is 0 Å². The van der Waals surface area contributed by atoms with Crippen molar-refractivity contribution in [3.8, 4) is 5.75 Å². The van der Waals surface area contributed by atoms with Gasteiger partial charge in [0.1, 0.15) is 5.75 Å². The fourth-order valence-corrected chi connectivity index (χ4v) is 1.71. The summed E-state index contributed by atoms with van der Waals surface area (Å²) < 4.78 is 5.22. The average Bonchev–Trinajstić information content (AvgIpc) is 2.17. The standard InChI is InChI=1S/C11H9ClO/c1-13-10-7-3-5-8-4-2-6-9(12)11(8)10/h2-7H,1H3. The van der Waals surface area contributed by atoms with Gasteiger partial charge in [-0.15, -0.1) is 0 Å². The van der Waals surface area contributed by atoms with E-state index in [9.17, 15) is 0 Å². The summed E-state index contributed by atoms with van der Waals surface area (Å²) in [5, 5.41) is 2.82. The van der Waals surface area contributed by atoms with Crippen molar-refractivity contribution >= 4 is 22.4 Å². The molecule has 0 saturated heterocycles. The highest BCUT2D eigenvalue weighted by Crippen LogP contribution is 2.31. The van der Waals surface area contributed by atoms with Gasteiger partial charge in [0.15, 0.2) is 0 Å². The molecule has 2 heteroatoms. The highest BCUT2D eigenvalue weighted by atomic mass is 35.5. The van der Waals surface area contributed by atoms with Gasteiger partial charge in [0.05, 0.1) is 12.1 Å². The molecule has 66 valence electrons. The van der Waals surface area contributed by atoms with Crippen molar-refractivity contribution in [1.29, 1.82) is 0 Å². The lowest BCUT2D eigenvalue weighted by molar-refractivity contribution is 0.420. The Balaban J connectivity index is 2.87. The third-order valence-electron chi connectivity index (χ3n) is 2.04. The molecule has 0 fully saturated rings. The number of benzene rings is 2. The van der Waals surface area contributed by atoms with E-state index in [1.54, 1.807) is 7.11 Å². The molecule has 0 unspecified atom stereocenters. The van der Waals surface area contributed by atoms with E-state index in [4.69, 9.17) is 16.3 Å².